The maximum Gasteiger partial charge on any atom is 0.333 e. The molecule has 2 atom stereocenters. The van der Waals surface area contributed by atoms with Gasteiger partial charge in [-0.2, -0.15) is 0 Å². The zero-order valence-electron chi connectivity index (χ0n) is 46.2. The van der Waals surface area contributed by atoms with Gasteiger partial charge in [-0.3, -0.25) is 0 Å². The Morgan fingerprint density at radius 2 is 1.11 bits per heavy atom. The third kappa shape index (κ3) is 6.45. The summed E-state index contributed by atoms with van der Waals surface area (Å²) in [7, 11) is 0. The van der Waals surface area contributed by atoms with Crippen LogP contribution in [-0.2, 0) is 21.7 Å². The summed E-state index contributed by atoms with van der Waals surface area (Å²) in [6.07, 6.45) is 3.27. The lowest BCUT2D eigenvalue weighted by Gasteiger charge is -2.48. The molecule has 5 heteroatoms. The topological polar surface area (TPSA) is 19.0 Å². The fourth-order valence-corrected chi connectivity index (χ4v) is 15.8. The summed E-state index contributed by atoms with van der Waals surface area (Å²) in [5, 5.41) is 0. The van der Waals surface area contributed by atoms with Crippen molar-refractivity contribution < 1.29 is 4.74 Å². The number of aryl methyl sites for hydroxylation is 1. The number of para-hydroxylation sites is 3. The quantitative estimate of drug-likeness (QED) is 0.160. The molecule has 0 N–H and O–H groups in total. The van der Waals surface area contributed by atoms with Gasteiger partial charge in [0.05, 0.1) is 0 Å². The van der Waals surface area contributed by atoms with E-state index in [9.17, 15) is 0 Å². The predicted molar refractivity (Wildman–Crippen MR) is 330 cm³/mol. The van der Waals surface area contributed by atoms with Crippen molar-refractivity contribution in [3.8, 4) is 44.9 Å². The smallest absolute Gasteiger partial charge is 0.333 e. The Balaban J connectivity index is 1.06. The van der Waals surface area contributed by atoms with E-state index in [1.54, 1.807) is 0 Å². The average Bonchev–Trinajstić information content (AvgIpc) is 3.16. The van der Waals surface area contributed by atoms with E-state index < -0.39 is 0 Å². The summed E-state index contributed by atoms with van der Waals surface area (Å²) < 4.78 is 7.11. The molecule has 2 bridgehead atoms. The Morgan fingerprint density at radius 3 is 1.85 bits per heavy atom. The first-order chi connectivity index (χ1) is 38.3. The lowest BCUT2D eigenvalue weighted by atomic mass is 9.42. The van der Waals surface area contributed by atoms with E-state index >= 15 is 0 Å². The van der Waals surface area contributed by atoms with Crippen molar-refractivity contribution in [2.24, 2.45) is 0 Å². The summed E-state index contributed by atoms with van der Waals surface area (Å²) in [5.74, 6) is 1.85. The van der Waals surface area contributed by atoms with Crippen LogP contribution in [0.2, 0.25) is 0 Å². The van der Waals surface area contributed by atoms with Gasteiger partial charge in [-0.1, -0.05) is 175 Å². The van der Waals surface area contributed by atoms with Gasteiger partial charge in [0.2, 0.25) is 0 Å². The number of rotatable bonds is 5. The zero-order chi connectivity index (χ0) is 53.3. The molecule has 79 heavy (non-hydrogen) atoms. The lowest BCUT2D eigenvalue weighted by molar-refractivity contribution is 0.262. The summed E-state index contributed by atoms with van der Waals surface area (Å²) in [5.41, 5.74) is 28.5. The first-order valence-corrected chi connectivity index (χ1v) is 28.5. The van der Waals surface area contributed by atoms with Gasteiger partial charge in [0, 0.05) is 73.0 Å². The molecule has 0 aromatic heterocycles. The van der Waals surface area contributed by atoms with Crippen molar-refractivity contribution in [1.29, 1.82) is 0 Å². The number of fused-ring (bicyclic) bond motifs is 12. The maximum absolute atomic E-state index is 7.11. The molecule has 0 saturated carbocycles. The molecule has 16 rings (SSSR count). The van der Waals surface area contributed by atoms with Crippen molar-refractivity contribution in [2.75, 3.05) is 14.6 Å². The second-order valence-corrected chi connectivity index (χ2v) is 25.2. The molecular formula is C74H62BN3O. The Kier molecular flexibility index (Phi) is 9.59. The molecule has 2 unspecified atom stereocenters. The van der Waals surface area contributed by atoms with Crippen LogP contribution in [0.5, 0.6) is 11.5 Å². The van der Waals surface area contributed by atoms with E-state index in [0.717, 1.165) is 53.5 Å². The number of hydrogen-bond donors (Lipinski definition) is 0. The van der Waals surface area contributed by atoms with Crippen LogP contribution >= 0.6 is 0 Å². The Morgan fingerprint density at radius 1 is 0.468 bits per heavy atom. The fourth-order valence-electron chi connectivity index (χ4n) is 15.8. The lowest BCUT2D eigenvalue weighted by Crippen LogP contribution is -2.62. The number of nitrogens with zero attached hydrogens (tertiary/aromatic N) is 3. The molecule has 0 fully saturated rings. The van der Waals surface area contributed by atoms with E-state index in [0.29, 0.717) is 0 Å². The summed E-state index contributed by atoms with van der Waals surface area (Å²) in [6.45, 7) is 17.1. The predicted octanol–water partition coefficient (Wildman–Crippen LogP) is 18.3. The van der Waals surface area contributed by atoms with E-state index in [4.69, 9.17) is 4.74 Å². The van der Waals surface area contributed by atoms with Gasteiger partial charge in [-0.25, -0.2) is 0 Å². The molecule has 4 heterocycles. The van der Waals surface area contributed by atoms with Crippen LogP contribution in [0.4, 0.5) is 45.5 Å². The first kappa shape index (κ1) is 46.6. The molecule has 2 aliphatic carbocycles. The molecule has 0 spiro atoms. The van der Waals surface area contributed by atoms with Gasteiger partial charge < -0.3 is 19.3 Å². The fraction of sp³-hybridized carbons (Fsp3) is 0.189. The minimum atomic E-state index is -0.336. The average molecular weight is 1020 g/mol. The van der Waals surface area contributed by atoms with Gasteiger partial charge in [0.15, 0.2) is 0 Å². The third-order valence-electron chi connectivity index (χ3n) is 19.7. The van der Waals surface area contributed by atoms with Crippen LogP contribution in [0.3, 0.4) is 0 Å². The van der Waals surface area contributed by atoms with Gasteiger partial charge in [0.25, 0.3) is 0 Å². The molecule has 6 aliphatic rings. The zero-order valence-corrected chi connectivity index (χ0v) is 46.2. The molecule has 0 radical (unpaired) electrons. The highest BCUT2D eigenvalue weighted by atomic mass is 16.5. The standard InChI is InChI=1S/C74H62BN3O/c1-46-39-59-60-43-63(46)77-65-40-52(76(49-23-13-9-14-24-49)50-25-15-10-16-26-50)35-36-62(65)75-69-56(41-55-53-27-17-18-28-57(53)74(7,68(55)70(69)77)45-73(60,6)38-37-71(59,2)3)54-42-67-61(72(4,5)58-29-19-20-30-66(58)79-67)44-64(54)78(75)51-33-31-48(32-34-51)47-21-11-8-12-22-47/h8-36,39-44H,37-38,45H2,1-7H3. The maximum atomic E-state index is 7.11. The highest BCUT2D eigenvalue weighted by Crippen LogP contribution is 2.65. The highest BCUT2D eigenvalue weighted by molar-refractivity contribution is 6.93. The van der Waals surface area contributed by atoms with Crippen molar-refractivity contribution in [2.45, 2.75) is 89.4 Å². The van der Waals surface area contributed by atoms with E-state index in [1.807, 2.05) is 0 Å². The van der Waals surface area contributed by atoms with Crippen LogP contribution in [0.25, 0.3) is 33.4 Å². The van der Waals surface area contributed by atoms with Crippen molar-refractivity contribution in [1.82, 2.24) is 0 Å². The van der Waals surface area contributed by atoms with E-state index in [2.05, 4.69) is 275 Å². The van der Waals surface area contributed by atoms with E-state index in [1.165, 1.54) is 106 Å². The van der Waals surface area contributed by atoms with Crippen LogP contribution in [-0.4, -0.2) is 6.85 Å². The van der Waals surface area contributed by atoms with Crippen molar-refractivity contribution in [3.05, 3.63) is 251 Å². The minimum absolute atomic E-state index is 0.0400. The molecule has 10 aromatic rings. The Labute approximate surface area is 465 Å². The number of benzene rings is 10. The molecule has 10 aromatic carbocycles. The SMILES string of the molecule is Cc1cc2c3cc1N1c4cc(N(c5ccccc5)c5ccccc5)ccc4B4c5c(cc6c(c51)C(C)(CC3(C)CCC2(C)C)c1ccccc1-6)-c1cc2c(cc1N4c1ccc(-c3ccccc3)cc1)C(C)(C)c1ccccc1O2. The van der Waals surface area contributed by atoms with Crippen LogP contribution in [0, 0.1) is 6.92 Å². The molecule has 382 valence electrons. The van der Waals surface area contributed by atoms with Crippen molar-refractivity contribution in [3.63, 3.8) is 0 Å². The monoisotopic (exact) mass is 1020 g/mol. The summed E-state index contributed by atoms with van der Waals surface area (Å²) in [4.78, 5) is 7.92. The summed E-state index contributed by atoms with van der Waals surface area (Å²) in [6, 6.07) is 80.3. The van der Waals surface area contributed by atoms with Gasteiger partial charge in [-0.05, 0) is 182 Å². The van der Waals surface area contributed by atoms with Gasteiger partial charge in [0.1, 0.15) is 11.5 Å². The molecule has 0 saturated heterocycles. The largest absolute Gasteiger partial charge is 0.457 e. The molecule has 0 amide bonds. The van der Waals surface area contributed by atoms with Crippen LogP contribution < -0.4 is 30.3 Å². The molecular weight excluding hydrogens is 958 g/mol. The Hall–Kier alpha value is -8.54. The van der Waals surface area contributed by atoms with Gasteiger partial charge >= 0.3 is 6.85 Å². The first-order valence-electron chi connectivity index (χ1n) is 28.5. The summed E-state index contributed by atoms with van der Waals surface area (Å²) >= 11 is 0. The van der Waals surface area contributed by atoms with Gasteiger partial charge in [-0.15, -0.1) is 0 Å². The normalized spacial score (nSPS) is 19.5. The molecule has 4 aliphatic heterocycles. The minimum Gasteiger partial charge on any atom is -0.457 e. The molecule has 4 nitrogen and oxygen atoms in total. The second kappa shape index (κ2) is 16.3. The van der Waals surface area contributed by atoms with Crippen LogP contribution in [0.1, 0.15) is 99.7 Å². The number of ether oxygens (including phenoxy) is 1. The third-order valence-corrected chi connectivity index (χ3v) is 19.7. The second-order valence-electron chi connectivity index (χ2n) is 25.2. The van der Waals surface area contributed by atoms with Crippen molar-refractivity contribution >= 4 is 63.3 Å². The van der Waals surface area contributed by atoms with E-state index in [-0.39, 0.29) is 28.5 Å². The van der Waals surface area contributed by atoms with Crippen LogP contribution in [0.15, 0.2) is 212 Å². The number of hydrogen-bond acceptors (Lipinski definition) is 4. The number of anilines is 8. The Bertz CT molecular complexity index is 4170. The highest BCUT2D eigenvalue weighted by Gasteiger charge is 2.56.